The third-order valence-electron chi connectivity index (χ3n) is 2.70. The maximum absolute atomic E-state index is 12.2. The zero-order valence-electron chi connectivity index (χ0n) is 11.8. The predicted octanol–water partition coefficient (Wildman–Crippen LogP) is -0.444. The average Bonchev–Trinajstić information content (AvgIpc) is 2.39. The summed E-state index contributed by atoms with van der Waals surface area (Å²) in [6, 6.07) is 2.96. The summed E-state index contributed by atoms with van der Waals surface area (Å²) in [6.45, 7) is 3.51. The van der Waals surface area contributed by atoms with Crippen molar-refractivity contribution in [2.45, 2.75) is 24.3 Å². The molecule has 0 saturated carbocycles. The van der Waals surface area contributed by atoms with Crippen LogP contribution < -0.4 is 11.1 Å². The van der Waals surface area contributed by atoms with Gasteiger partial charge in [-0.05, 0) is 26.0 Å². The minimum absolute atomic E-state index is 0.0494. The molecule has 0 saturated heterocycles. The van der Waals surface area contributed by atoms with Crippen LogP contribution in [0, 0.1) is 0 Å². The summed E-state index contributed by atoms with van der Waals surface area (Å²) in [5, 5.41) is 2.67. The molecule has 3 N–H and O–H groups in total. The molecular formula is C12H20N4O3S. The maximum atomic E-state index is 12.2. The van der Waals surface area contributed by atoms with E-state index in [4.69, 9.17) is 5.73 Å². The van der Waals surface area contributed by atoms with Crippen LogP contribution in [-0.4, -0.2) is 49.3 Å². The lowest BCUT2D eigenvalue weighted by atomic mass is 10.1. The number of likely N-dealkylation sites (N-methyl/N-ethyl adjacent to an activating group) is 1. The van der Waals surface area contributed by atoms with E-state index in [2.05, 4.69) is 10.3 Å². The Morgan fingerprint density at radius 3 is 2.65 bits per heavy atom. The van der Waals surface area contributed by atoms with Crippen molar-refractivity contribution >= 4 is 15.9 Å². The zero-order valence-corrected chi connectivity index (χ0v) is 12.6. The molecular weight excluding hydrogens is 280 g/mol. The quantitative estimate of drug-likeness (QED) is 0.740. The highest BCUT2D eigenvalue weighted by molar-refractivity contribution is 7.89. The van der Waals surface area contributed by atoms with Crippen molar-refractivity contribution in [1.29, 1.82) is 0 Å². The fraction of sp³-hybridized carbons (Fsp3) is 0.500. The van der Waals surface area contributed by atoms with Gasteiger partial charge in [0.2, 0.25) is 15.9 Å². The molecule has 1 rings (SSSR count). The number of carbonyl (C=O) groups is 1. The monoisotopic (exact) mass is 300 g/mol. The molecule has 0 aliphatic heterocycles. The van der Waals surface area contributed by atoms with Crippen molar-refractivity contribution in [3.05, 3.63) is 24.5 Å². The molecule has 0 aromatic carbocycles. The van der Waals surface area contributed by atoms with Crippen molar-refractivity contribution in [3.8, 4) is 0 Å². The summed E-state index contributed by atoms with van der Waals surface area (Å²) >= 11 is 0. The molecule has 0 atom stereocenters. The van der Waals surface area contributed by atoms with E-state index in [0.717, 1.165) is 4.31 Å². The Hall–Kier alpha value is -1.51. The first-order chi connectivity index (χ1) is 9.19. The molecule has 20 heavy (non-hydrogen) atoms. The molecule has 0 radical (unpaired) electrons. The van der Waals surface area contributed by atoms with Gasteiger partial charge in [-0.2, -0.15) is 4.31 Å². The predicted molar refractivity (Wildman–Crippen MR) is 75.3 cm³/mol. The van der Waals surface area contributed by atoms with Gasteiger partial charge >= 0.3 is 0 Å². The number of rotatable bonds is 6. The van der Waals surface area contributed by atoms with Gasteiger partial charge in [0.1, 0.15) is 4.90 Å². The van der Waals surface area contributed by atoms with Crippen LogP contribution in [0.1, 0.15) is 13.8 Å². The molecule has 0 spiro atoms. The number of aromatic nitrogens is 1. The zero-order chi connectivity index (χ0) is 15.4. The highest BCUT2D eigenvalue weighted by Crippen LogP contribution is 2.12. The van der Waals surface area contributed by atoms with E-state index in [0.29, 0.717) is 0 Å². The summed E-state index contributed by atoms with van der Waals surface area (Å²) in [5.74, 6) is -0.407. The Balaban J connectivity index is 2.77. The maximum Gasteiger partial charge on any atom is 0.244 e. The van der Waals surface area contributed by atoms with Gasteiger partial charge in [0, 0.05) is 31.5 Å². The number of nitrogens with two attached hydrogens (primary N) is 1. The van der Waals surface area contributed by atoms with Gasteiger partial charge in [0.15, 0.2) is 0 Å². The van der Waals surface area contributed by atoms with Gasteiger partial charge in [0.25, 0.3) is 0 Å². The van der Waals surface area contributed by atoms with Gasteiger partial charge in [-0.1, -0.05) is 0 Å². The lowest BCUT2D eigenvalue weighted by Gasteiger charge is -2.25. The lowest BCUT2D eigenvalue weighted by molar-refractivity contribution is -0.122. The van der Waals surface area contributed by atoms with Crippen LogP contribution in [0.25, 0.3) is 0 Å². The summed E-state index contributed by atoms with van der Waals surface area (Å²) in [5.41, 5.74) is 4.93. The lowest BCUT2D eigenvalue weighted by Crippen LogP contribution is -2.51. The molecule has 1 aromatic heterocycles. The molecule has 0 fully saturated rings. The number of sulfonamides is 1. The van der Waals surface area contributed by atoms with E-state index in [1.54, 1.807) is 13.8 Å². The van der Waals surface area contributed by atoms with Crippen LogP contribution in [0.3, 0.4) is 0 Å². The topological polar surface area (TPSA) is 105 Å². The average molecular weight is 300 g/mol. The summed E-state index contributed by atoms with van der Waals surface area (Å²) < 4.78 is 25.3. The summed E-state index contributed by atoms with van der Waals surface area (Å²) in [4.78, 5) is 15.6. The molecule has 1 aromatic rings. The van der Waals surface area contributed by atoms with Crippen LogP contribution in [0.15, 0.2) is 29.4 Å². The first-order valence-electron chi connectivity index (χ1n) is 6.06. The number of pyridine rings is 1. The van der Waals surface area contributed by atoms with Crippen LogP contribution in [-0.2, 0) is 14.8 Å². The fourth-order valence-electron chi connectivity index (χ4n) is 1.43. The molecule has 0 aliphatic rings. The fourth-order valence-corrected chi connectivity index (χ4v) is 2.53. The third kappa shape index (κ3) is 4.26. The molecule has 112 valence electrons. The van der Waals surface area contributed by atoms with Crippen LogP contribution in [0.2, 0.25) is 0 Å². The van der Waals surface area contributed by atoms with Crippen LogP contribution >= 0.6 is 0 Å². The largest absolute Gasteiger partial charge is 0.349 e. The standard InChI is InChI=1S/C12H20N4O3S/c1-12(2,9-13)15-11(17)8-16(3)20(18,19)10-5-4-6-14-7-10/h4-7H,8-9,13H2,1-3H3,(H,15,17). The summed E-state index contributed by atoms with van der Waals surface area (Å²) in [7, 11) is -2.37. The number of hydrogen-bond acceptors (Lipinski definition) is 5. The van der Waals surface area contributed by atoms with E-state index in [1.165, 1.54) is 31.6 Å². The van der Waals surface area contributed by atoms with Gasteiger partial charge in [-0.15, -0.1) is 0 Å². The number of nitrogens with zero attached hydrogens (tertiary/aromatic N) is 2. The summed E-state index contributed by atoms with van der Waals surface area (Å²) in [6.07, 6.45) is 2.73. The number of carbonyl (C=O) groups excluding carboxylic acids is 1. The van der Waals surface area contributed by atoms with Crippen molar-refractivity contribution < 1.29 is 13.2 Å². The Labute approximate surface area is 119 Å². The first-order valence-corrected chi connectivity index (χ1v) is 7.50. The number of hydrogen-bond donors (Lipinski definition) is 2. The molecule has 0 unspecified atom stereocenters. The SMILES string of the molecule is CN(CC(=O)NC(C)(C)CN)S(=O)(=O)c1cccnc1. The first kappa shape index (κ1) is 16.5. The van der Waals surface area contributed by atoms with E-state index in [-0.39, 0.29) is 18.0 Å². The highest BCUT2D eigenvalue weighted by atomic mass is 32.2. The van der Waals surface area contributed by atoms with Crippen molar-refractivity contribution in [2.24, 2.45) is 5.73 Å². The van der Waals surface area contributed by atoms with Crippen molar-refractivity contribution in [2.75, 3.05) is 20.1 Å². The molecule has 0 aliphatic carbocycles. The van der Waals surface area contributed by atoms with Gasteiger partial charge < -0.3 is 11.1 Å². The van der Waals surface area contributed by atoms with Gasteiger partial charge in [-0.3, -0.25) is 9.78 Å². The van der Waals surface area contributed by atoms with E-state index in [1.807, 2.05) is 0 Å². The van der Waals surface area contributed by atoms with E-state index >= 15 is 0 Å². The smallest absolute Gasteiger partial charge is 0.244 e. The second-order valence-corrected chi connectivity index (χ2v) is 7.13. The van der Waals surface area contributed by atoms with Gasteiger partial charge in [-0.25, -0.2) is 8.42 Å². The minimum Gasteiger partial charge on any atom is -0.349 e. The number of nitrogens with one attached hydrogen (secondary N) is 1. The second kappa shape index (κ2) is 6.29. The third-order valence-corrected chi connectivity index (χ3v) is 4.48. The molecule has 0 bridgehead atoms. The highest BCUT2D eigenvalue weighted by Gasteiger charge is 2.25. The second-order valence-electron chi connectivity index (χ2n) is 5.09. The van der Waals surface area contributed by atoms with Crippen molar-refractivity contribution in [3.63, 3.8) is 0 Å². The Morgan fingerprint density at radius 2 is 2.15 bits per heavy atom. The van der Waals surface area contributed by atoms with Crippen LogP contribution in [0.5, 0.6) is 0 Å². The molecule has 1 amide bonds. The minimum atomic E-state index is -3.72. The van der Waals surface area contributed by atoms with Gasteiger partial charge in [0.05, 0.1) is 6.54 Å². The van der Waals surface area contributed by atoms with E-state index in [9.17, 15) is 13.2 Å². The molecule has 7 nitrogen and oxygen atoms in total. The normalized spacial score (nSPS) is 12.4. The number of amides is 1. The van der Waals surface area contributed by atoms with E-state index < -0.39 is 21.5 Å². The Bertz CT molecular complexity index is 557. The van der Waals surface area contributed by atoms with Crippen LogP contribution in [0.4, 0.5) is 0 Å². The Kier molecular flexibility index (Phi) is 5.21. The molecule has 1 heterocycles. The Morgan fingerprint density at radius 1 is 1.50 bits per heavy atom. The van der Waals surface area contributed by atoms with Crippen molar-refractivity contribution in [1.82, 2.24) is 14.6 Å². The molecule has 8 heteroatoms.